The number of aliphatic hydroxyl groups excluding tert-OH is 1. The highest BCUT2D eigenvalue weighted by Gasteiger charge is 2.25. The van der Waals surface area contributed by atoms with Gasteiger partial charge in [-0.25, -0.2) is 13.2 Å². The first kappa shape index (κ1) is 27.2. The van der Waals surface area contributed by atoms with E-state index in [2.05, 4.69) is 48.6 Å². The van der Waals surface area contributed by atoms with E-state index >= 15 is 0 Å². The van der Waals surface area contributed by atoms with E-state index in [4.69, 9.17) is 0 Å². The Hall–Kier alpha value is -2.42. The molecule has 1 aliphatic carbocycles. The number of nitrogens with one attached hydrogen (secondary N) is 2. The minimum Gasteiger partial charge on any atom is -0.392 e. The smallest absolute Gasteiger partial charge is 0.319 e. The summed E-state index contributed by atoms with van der Waals surface area (Å²) < 4.78 is 26.3. The van der Waals surface area contributed by atoms with Gasteiger partial charge in [0.15, 0.2) is 9.84 Å². The van der Waals surface area contributed by atoms with Crippen molar-refractivity contribution in [3.05, 3.63) is 58.7 Å². The molecule has 2 amide bonds. The SMILES string of the molecule is CC/C=C\CC(C)C(C)NC(=O)Nc1ccc(S(=O)(=O)CC2=CC3=C(CC2)CN(C)C3)cc1CO. The second-order valence-electron chi connectivity index (χ2n) is 9.82. The molecule has 0 saturated carbocycles. The van der Waals surface area contributed by atoms with Crippen LogP contribution in [-0.2, 0) is 16.4 Å². The number of carbonyl (C=O) groups excluding carboxylic acids is 1. The molecule has 35 heavy (non-hydrogen) atoms. The fourth-order valence-corrected chi connectivity index (χ4v) is 6.03. The molecule has 2 aliphatic rings. The van der Waals surface area contributed by atoms with Gasteiger partial charge < -0.3 is 15.7 Å². The fraction of sp³-hybridized carbons (Fsp3) is 0.519. The number of benzene rings is 1. The second-order valence-corrected chi connectivity index (χ2v) is 11.8. The molecular weight excluding hydrogens is 462 g/mol. The topological polar surface area (TPSA) is 98.7 Å². The van der Waals surface area contributed by atoms with Crippen LogP contribution in [0.1, 0.15) is 52.0 Å². The molecule has 0 spiro atoms. The predicted molar refractivity (Wildman–Crippen MR) is 141 cm³/mol. The van der Waals surface area contributed by atoms with Gasteiger partial charge in [0.05, 0.1) is 17.3 Å². The van der Waals surface area contributed by atoms with Gasteiger partial charge in [-0.05, 0) is 69.3 Å². The third-order valence-electron chi connectivity index (χ3n) is 6.83. The summed E-state index contributed by atoms with van der Waals surface area (Å²) in [6, 6.07) is 4.09. The number of aliphatic hydroxyl groups is 1. The lowest BCUT2D eigenvalue weighted by Gasteiger charge is -2.21. The number of carbonyl (C=O) groups is 1. The third-order valence-corrected chi connectivity index (χ3v) is 8.56. The minimum atomic E-state index is -3.57. The Balaban J connectivity index is 1.66. The standard InChI is InChI=1S/C27H39N3O4S/c1-5-6-7-8-19(2)20(3)28-27(32)29-26-12-11-25(14-24(26)17-31)35(33,34)18-21-9-10-22-15-30(4)16-23(22)13-21/h6-7,11-14,19-20,31H,5,8-10,15-18H2,1-4H3,(H2,28,29,32)/b7-6-. The molecule has 0 radical (unpaired) electrons. The van der Waals surface area contributed by atoms with E-state index in [1.54, 1.807) is 6.07 Å². The van der Waals surface area contributed by atoms with Crippen LogP contribution in [0.4, 0.5) is 10.5 Å². The van der Waals surface area contributed by atoms with Gasteiger partial charge in [0.2, 0.25) is 0 Å². The van der Waals surface area contributed by atoms with Gasteiger partial charge in [-0.3, -0.25) is 4.90 Å². The molecule has 3 rings (SSSR count). The van der Waals surface area contributed by atoms with Gasteiger partial charge >= 0.3 is 6.03 Å². The van der Waals surface area contributed by atoms with Crippen molar-refractivity contribution in [2.75, 3.05) is 31.2 Å². The summed E-state index contributed by atoms with van der Waals surface area (Å²) in [5.74, 6) is 0.229. The van der Waals surface area contributed by atoms with E-state index in [0.29, 0.717) is 11.3 Å². The Morgan fingerprint density at radius 2 is 1.97 bits per heavy atom. The Kier molecular flexibility index (Phi) is 9.33. The normalized spacial score (nSPS) is 18.4. The molecule has 7 nitrogen and oxygen atoms in total. The number of rotatable bonds is 10. The van der Waals surface area contributed by atoms with Gasteiger partial charge in [-0.15, -0.1) is 0 Å². The first-order chi connectivity index (χ1) is 16.6. The lowest BCUT2D eigenvalue weighted by atomic mass is 9.95. The molecule has 1 aromatic carbocycles. The molecule has 0 saturated heterocycles. The van der Waals surface area contributed by atoms with Crippen molar-refractivity contribution in [1.29, 1.82) is 0 Å². The average molecular weight is 502 g/mol. The average Bonchev–Trinajstić information content (AvgIpc) is 3.18. The zero-order valence-electron chi connectivity index (χ0n) is 21.3. The van der Waals surface area contributed by atoms with Crippen LogP contribution in [0.25, 0.3) is 0 Å². The highest BCUT2D eigenvalue weighted by atomic mass is 32.2. The van der Waals surface area contributed by atoms with Crippen molar-refractivity contribution >= 4 is 21.6 Å². The van der Waals surface area contributed by atoms with Gasteiger partial charge in [0, 0.05) is 30.4 Å². The molecule has 2 unspecified atom stereocenters. The maximum absolute atomic E-state index is 13.1. The Morgan fingerprint density at radius 3 is 2.69 bits per heavy atom. The number of hydrogen-bond donors (Lipinski definition) is 3. The first-order valence-electron chi connectivity index (χ1n) is 12.4. The number of nitrogens with zero attached hydrogens (tertiary/aromatic N) is 1. The zero-order chi connectivity index (χ0) is 25.6. The number of urea groups is 1. The minimum absolute atomic E-state index is 0.0342. The number of allylic oxidation sites excluding steroid dienone is 2. The van der Waals surface area contributed by atoms with E-state index in [0.717, 1.165) is 44.3 Å². The third kappa shape index (κ3) is 7.29. The quantitative estimate of drug-likeness (QED) is 0.412. The molecule has 3 N–H and O–H groups in total. The highest BCUT2D eigenvalue weighted by molar-refractivity contribution is 7.91. The summed E-state index contributed by atoms with van der Waals surface area (Å²) in [7, 11) is -1.50. The van der Waals surface area contributed by atoms with Crippen LogP contribution in [0, 0.1) is 5.92 Å². The number of likely N-dealkylation sites (N-methyl/N-ethyl adjacent to an activating group) is 1. The largest absolute Gasteiger partial charge is 0.392 e. The van der Waals surface area contributed by atoms with Gasteiger partial charge in [-0.1, -0.05) is 43.2 Å². The van der Waals surface area contributed by atoms with Crippen LogP contribution in [0.3, 0.4) is 0 Å². The second kappa shape index (κ2) is 12.0. The number of sulfone groups is 1. The number of hydrogen-bond acceptors (Lipinski definition) is 5. The summed E-state index contributed by atoms with van der Waals surface area (Å²) in [4.78, 5) is 14.9. The van der Waals surface area contributed by atoms with E-state index < -0.39 is 9.84 Å². The van der Waals surface area contributed by atoms with Gasteiger partial charge in [-0.2, -0.15) is 0 Å². The maximum atomic E-state index is 13.1. The van der Waals surface area contributed by atoms with Gasteiger partial charge in [0.25, 0.3) is 0 Å². The Bertz CT molecular complexity index is 1120. The van der Waals surface area contributed by atoms with E-state index in [1.165, 1.54) is 23.3 Å². The lowest BCUT2D eigenvalue weighted by molar-refractivity contribution is 0.245. The van der Waals surface area contributed by atoms with Crippen LogP contribution in [0.2, 0.25) is 0 Å². The van der Waals surface area contributed by atoms with Gasteiger partial charge in [0.1, 0.15) is 0 Å². The summed E-state index contributed by atoms with van der Waals surface area (Å²) in [6.07, 6.45) is 9.80. The molecule has 8 heteroatoms. The summed E-state index contributed by atoms with van der Waals surface area (Å²) >= 11 is 0. The molecule has 0 fully saturated rings. The predicted octanol–water partition coefficient (Wildman–Crippen LogP) is 4.42. The molecule has 2 atom stereocenters. The van der Waals surface area contributed by atoms with E-state index in [-0.39, 0.29) is 35.2 Å². The first-order valence-corrected chi connectivity index (χ1v) is 14.1. The van der Waals surface area contributed by atoms with Crippen LogP contribution in [0.5, 0.6) is 0 Å². The molecule has 1 aliphatic heterocycles. The number of anilines is 1. The van der Waals surface area contributed by atoms with Crippen molar-refractivity contribution in [2.24, 2.45) is 5.92 Å². The van der Waals surface area contributed by atoms with Crippen molar-refractivity contribution in [3.63, 3.8) is 0 Å². The summed E-state index contributed by atoms with van der Waals surface area (Å²) in [6.45, 7) is 7.56. The van der Waals surface area contributed by atoms with Crippen LogP contribution < -0.4 is 10.6 Å². The lowest BCUT2D eigenvalue weighted by Crippen LogP contribution is -2.39. The maximum Gasteiger partial charge on any atom is 0.319 e. The van der Waals surface area contributed by atoms with Crippen molar-refractivity contribution < 1.29 is 18.3 Å². The highest BCUT2D eigenvalue weighted by Crippen LogP contribution is 2.31. The summed E-state index contributed by atoms with van der Waals surface area (Å²) in [5, 5.41) is 15.6. The van der Waals surface area contributed by atoms with E-state index in [1.807, 2.05) is 13.0 Å². The summed E-state index contributed by atoms with van der Waals surface area (Å²) in [5.41, 5.74) is 4.34. The number of amides is 2. The van der Waals surface area contributed by atoms with Crippen molar-refractivity contribution in [3.8, 4) is 0 Å². The van der Waals surface area contributed by atoms with Crippen molar-refractivity contribution in [1.82, 2.24) is 10.2 Å². The van der Waals surface area contributed by atoms with E-state index in [9.17, 15) is 18.3 Å². The Labute approximate surface area is 209 Å². The van der Waals surface area contributed by atoms with Crippen LogP contribution in [0.15, 0.2) is 58.0 Å². The molecule has 0 bridgehead atoms. The monoisotopic (exact) mass is 501 g/mol. The molecular formula is C27H39N3O4S. The molecule has 1 aromatic rings. The van der Waals surface area contributed by atoms with Crippen molar-refractivity contribution in [2.45, 2.75) is 64.0 Å². The van der Waals surface area contributed by atoms with Crippen LogP contribution >= 0.6 is 0 Å². The molecule has 1 heterocycles. The Morgan fingerprint density at radius 1 is 1.20 bits per heavy atom. The zero-order valence-corrected chi connectivity index (χ0v) is 22.1. The molecule has 0 aromatic heterocycles. The van der Waals surface area contributed by atoms with Crippen LogP contribution in [-0.4, -0.2) is 56.4 Å². The molecule has 192 valence electrons. The fourth-order valence-electron chi connectivity index (χ4n) is 4.55.